The molecule has 148 valence electrons. The second kappa shape index (κ2) is 7.67. The maximum absolute atomic E-state index is 12.6. The molecule has 1 N–H and O–H groups in total. The number of fused-ring (bicyclic) bond motifs is 1. The smallest absolute Gasteiger partial charge is 0.237 e. The van der Waals surface area contributed by atoms with Crippen LogP contribution in [0.5, 0.6) is 5.75 Å². The number of carbonyl (C=O) groups is 1. The van der Waals surface area contributed by atoms with Crippen LogP contribution in [0.4, 0.5) is 0 Å². The molecule has 1 amide bonds. The lowest BCUT2D eigenvalue weighted by Gasteiger charge is -2.34. The first-order chi connectivity index (χ1) is 14.3. The molecule has 1 atom stereocenters. The van der Waals surface area contributed by atoms with Gasteiger partial charge in [0.1, 0.15) is 5.75 Å². The Hall–Kier alpha value is -3.19. The lowest BCUT2D eigenvalue weighted by atomic mass is 10.0. The minimum absolute atomic E-state index is 0.000189. The summed E-state index contributed by atoms with van der Waals surface area (Å²) in [5, 5.41) is 7.03. The van der Waals surface area contributed by atoms with Gasteiger partial charge in [-0.25, -0.2) is 0 Å². The highest BCUT2D eigenvalue weighted by Crippen LogP contribution is 2.27. The van der Waals surface area contributed by atoms with Crippen molar-refractivity contribution >= 4 is 5.91 Å². The molecule has 1 unspecified atom stereocenters. The zero-order chi connectivity index (χ0) is 19.6. The largest absolute Gasteiger partial charge is 0.493 e. The van der Waals surface area contributed by atoms with Crippen LogP contribution in [0.3, 0.4) is 0 Å². The molecule has 1 aromatic heterocycles. The van der Waals surface area contributed by atoms with Crippen molar-refractivity contribution in [3.63, 3.8) is 0 Å². The third kappa shape index (κ3) is 3.73. The van der Waals surface area contributed by atoms with Crippen molar-refractivity contribution in [2.75, 3.05) is 19.7 Å². The van der Waals surface area contributed by atoms with E-state index in [0.717, 1.165) is 30.9 Å². The van der Waals surface area contributed by atoms with E-state index in [1.54, 1.807) is 0 Å². The number of piperazine rings is 1. The topological polar surface area (TPSA) is 80.5 Å². The van der Waals surface area contributed by atoms with Crippen LogP contribution in [0.15, 0.2) is 53.1 Å². The Morgan fingerprint density at radius 2 is 2.07 bits per heavy atom. The Morgan fingerprint density at radius 1 is 1.17 bits per heavy atom. The minimum Gasteiger partial charge on any atom is -0.493 e. The molecule has 2 aliphatic heterocycles. The van der Waals surface area contributed by atoms with E-state index in [1.807, 2.05) is 36.4 Å². The summed E-state index contributed by atoms with van der Waals surface area (Å²) in [5.74, 6) is 1.99. The lowest BCUT2D eigenvalue weighted by molar-refractivity contribution is -0.129. The summed E-state index contributed by atoms with van der Waals surface area (Å²) < 4.78 is 11.0. The normalized spacial score (nSPS) is 18.9. The van der Waals surface area contributed by atoms with Crippen LogP contribution in [0.25, 0.3) is 11.4 Å². The molecule has 2 aliphatic rings. The third-order valence-electron chi connectivity index (χ3n) is 5.45. The van der Waals surface area contributed by atoms with Crippen molar-refractivity contribution in [3.8, 4) is 17.1 Å². The first-order valence-corrected chi connectivity index (χ1v) is 9.90. The number of rotatable bonds is 5. The van der Waals surface area contributed by atoms with Gasteiger partial charge >= 0.3 is 0 Å². The number of hydrogen-bond donors (Lipinski definition) is 1. The Balaban J connectivity index is 1.33. The molecule has 7 nitrogen and oxygen atoms in total. The van der Waals surface area contributed by atoms with Gasteiger partial charge in [0.25, 0.3) is 0 Å². The molecule has 0 radical (unpaired) electrons. The van der Waals surface area contributed by atoms with Gasteiger partial charge in [0.2, 0.25) is 17.6 Å². The summed E-state index contributed by atoms with van der Waals surface area (Å²) in [7, 11) is 0. The second-order valence-electron chi connectivity index (χ2n) is 7.40. The van der Waals surface area contributed by atoms with Crippen LogP contribution < -0.4 is 10.1 Å². The fraction of sp³-hybridized carbons (Fsp3) is 0.318. The van der Waals surface area contributed by atoms with Gasteiger partial charge in [-0.1, -0.05) is 47.6 Å². The van der Waals surface area contributed by atoms with Gasteiger partial charge in [-0.3, -0.25) is 9.69 Å². The summed E-state index contributed by atoms with van der Waals surface area (Å²) in [6.07, 6.45) is 1.33. The molecule has 0 aliphatic carbocycles. The average molecular weight is 390 g/mol. The number of ether oxygens (including phenoxy) is 1. The van der Waals surface area contributed by atoms with Crippen molar-refractivity contribution in [2.24, 2.45) is 0 Å². The number of aromatic nitrogens is 2. The molecular weight excluding hydrogens is 368 g/mol. The van der Waals surface area contributed by atoms with Crippen molar-refractivity contribution in [1.29, 1.82) is 0 Å². The van der Waals surface area contributed by atoms with Gasteiger partial charge in [0.15, 0.2) is 0 Å². The molecule has 1 fully saturated rings. The van der Waals surface area contributed by atoms with Gasteiger partial charge < -0.3 is 14.6 Å². The number of benzene rings is 2. The summed E-state index contributed by atoms with van der Waals surface area (Å²) in [5.41, 5.74) is 3.32. The second-order valence-corrected chi connectivity index (χ2v) is 7.40. The Morgan fingerprint density at radius 3 is 2.97 bits per heavy atom. The van der Waals surface area contributed by atoms with Gasteiger partial charge in [-0.05, 0) is 17.2 Å². The van der Waals surface area contributed by atoms with E-state index < -0.39 is 0 Å². The number of nitrogens with zero attached hydrogens (tertiary/aromatic N) is 3. The van der Waals surface area contributed by atoms with E-state index in [4.69, 9.17) is 9.26 Å². The first-order valence-electron chi connectivity index (χ1n) is 9.90. The molecule has 3 aromatic rings. The van der Waals surface area contributed by atoms with Gasteiger partial charge in [0.05, 0.1) is 19.1 Å². The van der Waals surface area contributed by atoms with Crippen LogP contribution in [-0.2, 0) is 24.2 Å². The van der Waals surface area contributed by atoms with Crippen LogP contribution in [0.2, 0.25) is 0 Å². The molecule has 0 saturated carbocycles. The summed E-state index contributed by atoms with van der Waals surface area (Å²) in [4.78, 5) is 19.3. The van der Waals surface area contributed by atoms with Crippen molar-refractivity contribution in [2.45, 2.75) is 25.4 Å². The van der Waals surface area contributed by atoms with Crippen LogP contribution in [0.1, 0.15) is 17.0 Å². The molecule has 0 bridgehead atoms. The highest BCUT2D eigenvalue weighted by Gasteiger charge is 2.32. The number of nitrogens with one attached hydrogen (secondary N) is 1. The predicted molar refractivity (Wildman–Crippen MR) is 106 cm³/mol. The summed E-state index contributed by atoms with van der Waals surface area (Å²) >= 11 is 0. The fourth-order valence-corrected chi connectivity index (χ4v) is 3.95. The Bertz CT molecular complexity index is 1020. The zero-order valence-corrected chi connectivity index (χ0v) is 16.0. The molecule has 2 aromatic carbocycles. The number of carbonyl (C=O) groups excluding carboxylic acids is 1. The van der Waals surface area contributed by atoms with Crippen molar-refractivity contribution in [3.05, 3.63) is 65.5 Å². The molecule has 3 heterocycles. The SMILES string of the molecule is O=C1NCCN(Cc2ccc3c(c2)CCO3)C1Cc1nc(-c2ccccc2)no1. The molecule has 0 spiro atoms. The first kappa shape index (κ1) is 17.9. The zero-order valence-electron chi connectivity index (χ0n) is 16.0. The molecule has 1 saturated heterocycles. The quantitative estimate of drug-likeness (QED) is 0.720. The van der Waals surface area contributed by atoms with E-state index in [9.17, 15) is 4.79 Å². The Labute approximate surface area is 168 Å². The molecular formula is C22H22N4O3. The van der Waals surface area contributed by atoms with E-state index in [1.165, 1.54) is 11.1 Å². The van der Waals surface area contributed by atoms with Gasteiger partial charge in [-0.15, -0.1) is 0 Å². The maximum atomic E-state index is 12.6. The van der Waals surface area contributed by atoms with E-state index in [2.05, 4.69) is 32.5 Å². The van der Waals surface area contributed by atoms with Gasteiger partial charge in [0, 0.05) is 31.6 Å². The van der Waals surface area contributed by atoms with Crippen molar-refractivity contribution < 1.29 is 14.1 Å². The van der Waals surface area contributed by atoms with Crippen LogP contribution in [-0.4, -0.2) is 46.7 Å². The van der Waals surface area contributed by atoms with E-state index >= 15 is 0 Å². The van der Waals surface area contributed by atoms with Gasteiger partial charge in [-0.2, -0.15) is 4.98 Å². The third-order valence-corrected chi connectivity index (χ3v) is 5.45. The summed E-state index contributed by atoms with van der Waals surface area (Å²) in [6.45, 7) is 2.87. The van der Waals surface area contributed by atoms with Crippen molar-refractivity contribution in [1.82, 2.24) is 20.4 Å². The number of hydrogen-bond acceptors (Lipinski definition) is 6. The highest BCUT2D eigenvalue weighted by molar-refractivity contribution is 5.82. The maximum Gasteiger partial charge on any atom is 0.237 e. The summed E-state index contributed by atoms with van der Waals surface area (Å²) in [6, 6.07) is 15.6. The average Bonchev–Trinajstić information content (AvgIpc) is 3.40. The predicted octanol–water partition coefficient (Wildman–Crippen LogP) is 2.21. The monoisotopic (exact) mass is 390 g/mol. The molecule has 29 heavy (non-hydrogen) atoms. The highest BCUT2D eigenvalue weighted by atomic mass is 16.5. The number of amides is 1. The van der Waals surface area contributed by atoms with E-state index in [0.29, 0.717) is 31.2 Å². The minimum atomic E-state index is -0.336. The van der Waals surface area contributed by atoms with Crippen LogP contribution in [0, 0.1) is 0 Å². The van der Waals surface area contributed by atoms with Crippen LogP contribution >= 0.6 is 0 Å². The lowest BCUT2D eigenvalue weighted by Crippen LogP contribution is -2.55. The molecule has 7 heteroatoms. The Kier molecular flexibility index (Phi) is 4.73. The fourth-order valence-electron chi connectivity index (χ4n) is 3.95. The molecule has 5 rings (SSSR count). The standard InChI is InChI=1S/C22H22N4O3/c27-22-18(13-20-24-21(25-29-20)16-4-2-1-3-5-16)26(10-9-23-22)14-15-6-7-19-17(12-15)8-11-28-19/h1-7,12,18H,8-11,13-14H2,(H,23,27). The van der Waals surface area contributed by atoms with E-state index in [-0.39, 0.29) is 11.9 Å².